The Morgan fingerprint density at radius 2 is 2.21 bits per heavy atom. The first-order valence-electron chi connectivity index (χ1n) is 8.48. The zero-order valence-electron chi connectivity index (χ0n) is 14.1. The van der Waals surface area contributed by atoms with Crippen molar-refractivity contribution in [1.29, 1.82) is 0 Å². The summed E-state index contributed by atoms with van der Waals surface area (Å²) in [5, 5.41) is 4.49. The molecule has 0 unspecified atom stereocenters. The molecule has 126 valence electrons. The van der Waals surface area contributed by atoms with Gasteiger partial charge in [0.2, 0.25) is 5.89 Å². The molecule has 1 fully saturated rings. The number of aryl methyl sites for hydroxylation is 2. The Morgan fingerprint density at radius 3 is 3.00 bits per heavy atom. The van der Waals surface area contributed by atoms with Gasteiger partial charge >= 0.3 is 0 Å². The summed E-state index contributed by atoms with van der Waals surface area (Å²) >= 11 is 0. The molecule has 4 rings (SSSR count). The second-order valence-corrected chi connectivity index (χ2v) is 6.56. The maximum atomic E-state index is 5.80. The van der Waals surface area contributed by atoms with Crippen molar-refractivity contribution >= 4 is 11.2 Å². The molecule has 1 aliphatic rings. The third-order valence-electron chi connectivity index (χ3n) is 4.56. The van der Waals surface area contributed by atoms with Crippen molar-refractivity contribution in [2.75, 3.05) is 13.1 Å². The maximum Gasteiger partial charge on any atom is 0.211 e. The van der Waals surface area contributed by atoms with Gasteiger partial charge in [-0.25, -0.2) is 14.6 Å². The van der Waals surface area contributed by atoms with Crippen molar-refractivity contribution in [3.63, 3.8) is 0 Å². The lowest BCUT2D eigenvalue weighted by Gasteiger charge is -2.31. The molecule has 24 heavy (non-hydrogen) atoms. The van der Waals surface area contributed by atoms with Crippen LogP contribution >= 0.6 is 0 Å². The van der Waals surface area contributed by atoms with Gasteiger partial charge in [0.25, 0.3) is 0 Å². The Kier molecular flexibility index (Phi) is 4.02. The van der Waals surface area contributed by atoms with Crippen LogP contribution in [-0.4, -0.2) is 42.7 Å². The molecule has 1 aliphatic heterocycles. The van der Waals surface area contributed by atoms with Gasteiger partial charge < -0.3 is 4.42 Å². The van der Waals surface area contributed by atoms with E-state index in [1.807, 2.05) is 30.7 Å². The van der Waals surface area contributed by atoms with E-state index in [0.717, 1.165) is 49.3 Å². The molecule has 1 saturated heterocycles. The summed E-state index contributed by atoms with van der Waals surface area (Å²) in [5.74, 6) is 3.17. The Morgan fingerprint density at radius 1 is 1.29 bits per heavy atom. The highest BCUT2D eigenvalue weighted by atomic mass is 16.3. The highest BCUT2D eigenvalue weighted by Gasteiger charge is 2.23. The second-order valence-electron chi connectivity index (χ2n) is 6.56. The van der Waals surface area contributed by atoms with E-state index in [1.54, 1.807) is 6.20 Å². The highest BCUT2D eigenvalue weighted by molar-refractivity contribution is 5.66. The van der Waals surface area contributed by atoms with Gasteiger partial charge in [0, 0.05) is 19.3 Å². The third-order valence-corrected chi connectivity index (χ3v) is 4.56. The molecule has 0 aliphatic carbocycles. The third kappa shape index (κ3) is 3.17. The summed E-state index contributed by atoms with van der Waals surface area (Å²) in [4.78, 5) is 15.5. The quantitative estimate of drug-likeness (QED) is 0.733. The van der Waals surface area contributed by atoms with E-state index in [-0.39, 0.29) is 0 Å². The molecule has 0 N–H and O–H groups in total. The van der Waals surface area contributed by atoms with Crippen molar-refractivity contribution in [3.05, 3.63) is 35.9 Å². The normalized spacial score (nSPS) is 19.2. The van der Waals surface area contributed by atoms with Gasteiger partial charge in [0.15, 0.2) is 11.2 Å². The number of hydrogen-bond donors (Lipinski definition) is 0. The fourth-order valence-electron chi connectivity index (χ4n) is 3.50. The van der Waals surface area contributed by atoms with E-state index < -0.39 is 0 Å². The van der Waals surface area contributed by atoms with Gasteiger partial charge in [-0.05, 0) is 51.3 Å². The van der Waals surface area contributed by atoms with Crippen LogP contribution in [0.3, 0.4) is 0 Å². The molecule has 7 heteroatoms. The first kappa shape index (κ1) is 15.3. The number of pyridine rings is 1. The molecule has 0 spiro atoms. The van der Waals surface area contributed by atoms with Crippen LogP contribution in [0.25, 0.3) is 11.2 Å². The Hall–Kier alpha value is -2.28. The zero-order valence-corrected chi connectivity index (χ0v) is 14.1. The van der Waals surface area contributed by atoms with Crippen LogP contribution in [0, 0.1) is 19.8 Å². The monoisotopic (exact) mass is 326 g/mol. The largest absolute Gasteiger partial charge is 0.438 e. The summed E-state index contributed by atoms with van der Waals surface area (Å²) in [6.45, 7) is 7.74. The lowest BCUT2D eigenvalue weighted by Crippen LogP contribution is -2.37. The first-order chi connectivity index (χ1) is 11.7. The summed E-state index contributed by atoms with van der Waals surface area (Å²) in [7, 11) is 0. The minimum Gasteiger partial charge on any atom is -0.438 e. The molecular weight excluding hydrogens is 304 g/mol. The molecule has 0 saturated carbocycles. The first-order valence-corrected chi connectivity index (χ1v) is 8.48. The minimum atomic E-state index is 0.584. The number of piperidine rings is 1. The molecular formula is C17H22N6O. The lowest BCUT2D eigenvalue weighted by atomic mass is 9.98. The van der Waals surface area contributed by atoms with Crippen molar-refractivity contribution < 1.29 is 4.42 Å². The fourth-order valence-corrected chi connectivity index (χ4v) is 3.50. The van der Waals surface area contributed by atoms with Crippen LogP contribution in [-0.2, 0) is 13.1 Å². The van der Waals surface area contributed by atoms with Crippen LogP contribution in [0.15, 0.2) is 22.7 Å². The molecule has 4 heterocycles. The zero-order chi connectivity index (χ0) is 16.5. The Balaban J connectivity index is 1.42. The number of rotatable bonds is 4. The van der Waals surface area contributed by atoms with E-state index in [4.69, 9.17) is 4.42 Å². The van der Waals surface area contributed by atoms with Crippen molar-refractivity contribution in [3.8, 4) is 0 Å². The van der Waals surface area contributed by atoms with Gasteiger partial charge in [-0.2, -0.15) is 10.1 Å². The SMILES string of the molecule is Cc1nc(C)n(C[C@H]2CCCN(Cc3nc4ncccc4o3)C2)n1. The standard InChI is InChI=1S/C17H22N6O/c1-12-19-13(2)23(21-12)10-14-5-4-8-22(9-14)11-16-20-17-15(24-16)6-3-7-18-17/h3,6-7,14H,4-5,8-11H2,1-2H3/t14-/m0/s1. The molecule has 0 aromatic carbocycles. The minimum absolute atomic E-state index is 0.584. The predicted molar refractivity (Wildman–Crippen MR) is 89.3 cm³/mol. The van der Waals surface area contributed by atoms with E-state index in [0.29, 0.717) is 11.6 Å². The van der Waals surface area contributed by atoms with Crippen LogP contribution < -0.4 is 0 Å². The van der Waals surface area contributed by atoms with E-state index >= 15 is 0 Å². The van der Waals surface area contributed by atoms with Crippen LogP contribution in [0.1, 0.15) is 30.4 Å². The number of oxazole rings is 1. The molecule has 3 aromatic rings. The van der Waals surface area contributed by atoms with E-state index in [2.05, 4.69) is 25.0 Å². The van der Waals surface area contributed by atoms with Crippen LogP contribution in [0.2, 0.25) is 0 Å². The summed E-state index contributed by atoms with van der Waals surface area (Å²) < 4.78 is 7.84. The summed E-state index contributed by atoms with van der Waals surface area (Å²) in [6, 6.07) is 3.78. The van der Waals surface area contributed by atoms with Gasteiger partial charge in [0.05, 0.1) is 6.54 Å². The van der Waals surface area contributed by atoms with Crippen molar-refractivity contribution in [2.45, 2.75) is 39.8 Å². The van der Waals surface area contributed by atoms with Gasteiger partial charge in [-0.15, -0.1) is 0 Å². The van der Waals surface area contributed by atoms with E-state index in [1.165, 1.54) is 12.8 Å². The maximum absolute atomic E-state index is 5.80. The summed E-state index contributed by atoms with van der Waals surface area (Å²) in [6.07, 6.45) is 4.16. The smallest absolute Gasteiger partial charge is 0.211 e. The van der Waals surface area contributed by atoms with Gasteiger partial charge in [0.1, 0.15) is 11.6 Å². The molecule has 7 nitrogen and oxygen atoms in total. The van der Waals surface area contributed by atoms with Gasteiger partial charge in [-0.1, -0.05) is 0 Å². The van der Waals surface area contributed by atoms with Crippen molar-refractivity contribution in [2.24, 2.45) is 5.92 Å². The number of fused-ring (bicyclic) bond motifs is 1. The molecule has 0 radical (unpaired) electrons. The topological polar surface area (TPSA) is 72.9 Å². The fraction of sp³-hybridized carbons (Fsp3) is 0.529. The number of nitrogens with zero attached hydrogens (tertiary/aromatic N) is 6. The molecule has 3 aromatic heterocycles. The Bertz CT molecular complexity index is 806. The average Bonchev–Trinajstić information content (AvgIpc) is 3.10. The molecule has 1 atom stereocenters. The summed E-state index contributed by atoms with van der Waals surface area (Å²) in [5.41, 5.74) is 1.45. The van der Waals surface area contributed by atoms with Crippen LogP contribution in [0.4, 0.5) is 0 Å². The predicted octanol–water partition coefficient (Wildman–Crippen LogP) is 2.34. The number of aromatic nitrogens is 5. The molecule has 0 amide bonds. The lowest BCUT2D eigenvalue weighted by molar-refractivity contribution is 0.142. The second kappa shape index (κ2) is 6.32. The van der Waals surface area contributed by atoms with Crippen molar-refractivity contribution in [1.82, 2.24) is 29.6 Å². The Labute approximate surface area is 140 Å². The van der Waals surface area contributed by atoms with E-state index in [9.17, 15) is 0 Å². The van der Waals surface area contributed by atoms with Gasteiger partial charge in [-0.3, -0.25) is 4.90 Å². The number of likely N-dealkylation sites (tertiary alicyclic amines) is 1. The average molecular weight is 326 g/mol. The number of hydrogen-bond acceptors (Lipinski definition) is 6. The van der Waals surface area contributed by atoms with Crippen LogP contribution in [0.5, 0.6) is 0 Å². The highest BCUT2D eigenvalue weighted by Crippen LogP contribution is 2.21. The molecule has 0 bridgehead atoms.